The number of aromatic nitrogens is 2. The molecule has 8 nitrogen and oxygen atoms in total. The number of imidazole rings is 1. The van der Waals surface area contributed by atoms with Gasteiger partial charge >= 0.3 is 5.97 Å². The number of carboxylic acid groups (broad SMARTS) is 1. The number of fused-ring (bicyclic) bond motifs is 1. The molecule has 0 saturated carbocycles. The number of rotatable bonds is 6. The molecule has 1 unspecified atom stereocenters. The van der Waals surface area contributed by atoms with Crippen LogP contribution in [0.4, 0.5) is 0 Å². The van der Waals surface area contributed by atoms with Crippen molar-refractivity contribution in [3.8, 4) is 11.4 Å². The van der Waals surface area contributed by atoms with Gasteiger partial charge in [-0.15, -0.1) is 0 Å². The Morgan fingerprint density at radius 1 is 1.21 bits per heavy atom. The number of carbonyl (C=O) groups is 2. The largest absolute Gasteiger partial charge is 0.481 e. The number of carboxylic acids is 1. The number of nitrogens with two attached hydrogens (primary N) is 1. The number of amidine groups is 1. The van der Waals surface area contributed by atoms with Gasteiger partial charge in [0.25, 0.3) is 5.91 Å². The van der Waals surface area contributed by atoms with Crippen LogP contribution >= 0.6 is 0 Å². The molecule has 8 heteroatoms. The SMILES string of the molecule is CC(CNC(=O)c1ccc2c(c1)nc(-c1ccc(C(=N)N)cc1)n2C)C(=O)O. The first-order valence-electron chi connectivity index (χ1n) is 8.70. The van der Waals surface area contributed by atoms with Crippen molar-refractivity contribution in [2.45, 2.75) is 6.92 Å². The van der Waals surface area contributed by atoms with E-state index in [2.05, 4.69) is 10.3 Å². The van der Waals surface area contributed by atoms with E-state index < -0.39 is 11.9 Å². The lowest BCUT2D eigenvalue weighted by Gasteiger charge is -2.08. The van der Waals surface area contributed by atoms with Gasteiger partial charge in [-0.05, 0) is 18.2 Å². The summed E-state index contributed by atoms with van der Waals surface area (Å²) in [6.07, 6.45) is 0. The van der Waals surface area contributed by atoms with Crippen LogP contribution in [0.2, 0.25) is 0 Å². The number of benzene rings is 2. The molecule has 0 aliphatic rings. The summed E-state index contributed by atoms with van der Waals surface area (Å²) in [4.78, 5) is 27.8. The Morgan fingerprint density at radius 2 is 1.86 bits per heavy atom. The van der Waals surface area contributed by atoms with E-state index in [1.54, 1.807) is 24.3 Å². The first-order valence-corrected chi connectivity index (χ1v) is 8.70. The molecule has 0 fully saturated rings. The molecule has 0 radical (unpaired) electrons. The van der Waals surface area contributed by atoms with Gasteiger partial charge in [0.2, 0.25) is 0 Å². The molecule has 0 saturated heterocycles. The molecule has 1 atom stereocenters. The van der Waals surface area contributed by atoms with Crippen LogP contribution in [0.15, 0.2) is 42.5 Å². The molecule has 2 aromatic carbocycles. The quantitative estimate of drug-likeness (QED) is 0.384. The maximum Gasteiger partial charge on any atom is 0.308 e. The molecule has 0 aliphatic heterocycles. The highest BCUT2D eigenvalue weighted by atomic mass is 16.4. The Kier molecular flexibility index (Phi) is 5.12. The lowest BCUT2D eigenvalue weighted by atomic mass is 10.1. The summed E-state index contributed by atoms with van der Waals surface area (Å²) >= 11 is 0. The van der Waals surface area contributed by atoms with Crippen LogP contribution < -0.4 is 11.1 Å². The minimum Gasteiger partial charge on any atom is -0.481 e. The van der Waals surface area contributed by atoms with Crippen LogP contribution in [0.1, 0.15) is 22.8 Å². The second-order valence-electron chi connectivity index (χ2n) is 6.64. The number of hydrogen-bond donors (Lipinski definition) is 4. The van der Waals surface area contributed by atoms with E-state index in [4.69, 9.17) is 16.2 Å². The molecule has 144 valence electrons. The molecular weight excluding hydrogens is 358 g/mol. The first kappa shape index (κ1) is 19.1. The fourth-order valence-electron chi connectivity index (χ4n) is 2.83. The summed E-state index contributed by atoms with van der Waals surface area (Å²) in [5, 5.41) is 19.0. The summed E-state index contributed by atoms with van der Waals surface area (Å²) in [6.45, 7) is 1.59. The summed E-state index contributed by atoms with van der Waals surface area (Å²) in [5.74, 6) is -1.23. The third-order valence-electron chi connectivity index (χ3n) is 4.59. The average molecular weight is 379 g/mol. The smallest absolute Gasteiger partial charge is 0.308 e. The summed E-state index contributed by atoms with van der Waals surface area (Å²) in [5.41, 5.74) is 8.93. The molecule has 3 aromatic rings. The lowest BCUT2D eigenvalue weighted by Crippen LogP contribution is -2.31. The van der Waals surface area contributed by atoms with Crippen molar-refractivity contribution >= 4 is 28.7 Å². The minimum atomic E-state index is -0.957. The Balaban J connectivity index is 1.88. The van der Waals surface area contributed by atoms with E-state index in [9.17, 15) is 9.59 Å². The van der Waals surface area contributed by atoms with Crippen molar-refractivity contribution in [3.05, 3.63) is 53.6 Å². The molecule has 3 rings (SSSR count). The van der Waals surface area contributed by atoms with Gasteiger partial charge in [0.1, 0.15) is 11.7 Å². The highest BCUT2D eigenvalue weighted by Crippen LogP contribution is 2.24. The van der Waals surface area contributed by atoms with E-state index in [0.717, 1.165) is 16.9 Å². The normalized spacial score (nSPS) is 11.9. The average Bonchev–Trinajstić information content (AvgIpc) is 3.01. The predicted molar refractivity (Wildman–Crippen MR) is 106 cm³/mol. The molecule has 0 aliphatic carbocycles. The summed E-state index contributed by atoms with van der Waals surface area (Å²) in [7, 11) is 1.89. The number of nitrogen functional groups attached to an aromatic ring is 1. The molecular formula is C20H21N5O3. The maximum atomic E-state index is 12.3. The zero-order valence-electron chi connectivity index (χ0n) is 15.6. The van der Waals surface area contributed by atoms with E-state index in [-0.39, 0.29) is 18.3 Å². The predicted octanol–water partition coefficient (Wildman–Crippen LogP) is 1.97. The second kappa shape index (κ2) is 7.51. The van der Waals surface area contributed by atoms with Gasteiger partial charge in [0, 0.05) is 30.3 Å². The number of aliphatic carboxylic acids is 1. The fourth-order valence-corrected chi connectivity index (χ4v) is 2.83. The Bertz CT molecular complexity index is 1070. The second-order valence-corrected chi connectivity index (χ2v) is 6.64. The third-order valence-corrected chi connectivity index (χ3v) is 4.59. The van der Waals surface area contributed by atoms with Crippen molar-refractivity contribution in [2.75, 3.05) is 6.54 Å². The molecule has 1 amide bonds. The van der Waals surface area contributed by atoms with Gasteiger partial charge in [0.05, 0.1) is 17.0 Å². The summed E-state index contributed by atoms with van der Waals surface area (Å²) in [6, 6.07) is 12.4. The number of nitrogens with one attached hydrogen (secondary N) is 2. The van der Waals surface area contributed by atoms with Gasteiger partial charge in [-0.25, -0.2) is 4.98 Å². The highest BCUT2D eigenvalue weighted by molar-refractivity contribution is 5.98. The number of aryl methyl sites for hydroxylation is 1. The van der Waals surface area contributed by atoms with E-state index in [0.29, 0.717) is 16.6 Å². The number of carbonyl (C=O) groups excluding carboxylic acids is 1. The zero-order valence-corrected chi connectivity index (χ0v) is 15.6. The van der Waals surface area contributed by atoms with E-state index >= 15 is 0 Å². The van der Waals surface area contributed by atoms with Crippen LogP contribution in [-0.2, 0) is 11.8 Å². The lowest BCUT2D eigenvalue weighted by molar-refractivity contribution is -0.140. The van der Waals surface area contributed by atoms with Crippen molar-refractivity contribution in [1.82, 2.24) is 14.9 Å². The summed E-state index contributed by atoms with van der Waals surface area (Å²) < 4.78 is 1.92. The number of nitrogens with zero attached hydrogens (tertiary/aromatic N) is 2. The van der Waals surface area contributed by atoms with Crippen molar-refractivity contribution in [2.24, 2.45) is 18.7 Å². The molecule has 28 heavy (non-hydrogen) atoms. The highest BCUT2D eigenvalue weighted by Gasteiger charge is 2.15. The van der Waals surface area contributed by atoms with Crippen LogP contribution in [0.25, 0.3) is 22.4 Å². The minimum absolute atomic E-state index is 0.00409. The molecule has 1 heterocycles. The van der Waals surface area contributed by atoms with Crippen molar-refractivity contribution in [1.29, 1.82) is 5.41 Å². The van der Waals surface area contributed by atoms with Crippen molar-refractivity contribution in [3.63, 3.8) is 0 Å². The standard InChI is InChI=1S/C20H21N5O3/c1-11(20(27)28)10-23-19(26)14-7-8-16-15(9-14)24-18(25(16)2)13-5-3-12(4-6-13)17(21)22/h3-9,11H,10H2,1-2H3,(H3,21,22)(H,23,26)(H,27,28). The van der Waals surface area contributed by atoms with Crippen LogP contribution in [0, 0.1) is 11.3 Å². The number of hydrogen-bond acceptors (Lipinski definition) is 4. The van der Waals surface area contributed by atoms with Crippen LogP contribution in [0.5, 0.6) is 0 Å². The Morgan fingerprint density at radius 3 is 2.46 bits per heavy atom. The molecule has 5 N–H and O–H groups in total. The maximum absolute atomic E-state index is 12.3. The number of amides is 1. The third kappa shape index (κ3) is 3.71. The van der Waals surface area contributed by atoms with Gasteiger partial charge in [-0.2, -0.15) is 0 Å². The van der Waals surface area contributed by atoms with E-state index in [1.165, 1.54) is 6.92 Å². The monoisotopic (exact) mass is 379 g/mol. The van der Waals surface area contributed by atoms with Gasteiger partial charge < -0.3 is 20.7 Å². The van der Waals surface area contributed by atoms with Crippen LogP contribution in [0.3, 0.4) is 0 Å². The van der Waals surface area contributed by atoms with Crippen LogP contribution in [-0.4, -0.2) is 38.9 Å². The van der Waals surface area contributed by atoms with Crippen molar-refractivity contribution < 1.29 is 14.7 Å². The zero-order chi connectivity index (χ0) is 20.4. The molecule has 1 aromatic heterocycles. The Labute approximate surface area is 161 Å². The van der Waals surface area contributed by atoms with Gasteiger partial charge in [0.15, 0.2) is 0 Å². The van der Waals surface area contributed by atoms with Gasteiger partial charge in [-0.3, -0.25) is 15.0 Å². The van der Waals surface area contributed by atoms with Gasteiger partial charge in [-0.1, -0.05) is 31.2 Å². The molecule has 0 bridgehead atoms. The molecule has 0 spiro atoms. The topological polar surface area (TPSA) is 134 Å². The first-order chi connectivity index (χ1) is 13.3. The fraction of sp³-hybridized carbons (Fsp3) is 0.200. The Hall–Kier alpha value is -3.68. The van der Waals surface area contributed by atoms with E-state index in [1.807, 2.05) is 29.8 Å².